The molecule has 2 N–H and O–H groups in total. The highest BCUT2D eigenvalue weighted by atomic mass is 35.5. The molecular formula is C20H22ClN3O2S. The number of nitrogens with one attached hydrogen (secondary N) is 2. The molecule has 1 amide bonds. The predicted octanol–water partition coefficient (Wildman–Crippen LogP) is 4.58. The maximum atomic E-state index is 13.1. The molecule has 1 fully saturated rings. The molecule has 4 rings (SSSR count). The minimum absolute atomic E-state index is 0.121. The van der Waals surface area contributed by atoms with Gasteiger partial charge in [-0.3, -0.25) is 9.69 Å². The molecule has 3 heterocycles. The van der Waals surface area contributed by atoms with Gasteiger partial charge in [0, 0.05) is 40.8 Å². The third-order valence-electron chi connectivity index (χ3n) is 4.84. The van der Waals surface area contributed by atoms with Crippen LogP contribution < -0.4 is 5.32 Å². The Hall–Kier alpha value is -1.86. The predicted molar refractivity (Wildman–Crippen MR) is 111 cm³/mol. The van der Waals surface area contributed by atoms with Crippen molar-refractivity contribution in [3.05, 3.63) is 51.0 Å². The van der Waals surface area contributed by atoms with E-state index in [1.807, 2.05) is 19.1 Å². The molecular weight excluding hydrogens is 382 g/mol. The molecule has 0 radical (unpaired) electrons. The van der Waals surface area contributed by atoms with Crippen molar-refractivity contribution in [2.45, 2.75) is 20.4 Å². The van der Waals surface area contributed by atoms with Gasteiger partial charge in [0.2, 0.25) is 0 Å². The number of hydrogen-bond acceptors (Lipinski definition) is 4. The van der Waals surface area contributed by atoms with Gasteiger partial charge in [-0.1, -0.05) is 11.6 Å². The van der Waals surface area contributed by atoms with E-state index in [-0.39, 0.29) is 5.91 Å². The number of aryl methyl sites for hydroxylation is 2. The molecule has 1 aromatic carbocycles. The van der Waals surface area contributed by atoms with Crippen LogP contribution in [-0.2, 0) is 11.3 Å². The van der Waals surface area contributed by atoms with E-state index in [0.717, 1.165) is 59.9 Å². The minimum atomic E-state index is -0.121. The van der Waals surface area contributed by atoms with E-state index in [1.165, 1.54) is 4.88 Å². The molecule has 1 aliphatic heterocycles. The van der Waals surface area contributed by atoms with Crippen molar-refractivity contribution in [2.24, 2.45) is 0 Å². The number of nitrogens with zero attached hydrogens (tertiary/aromatic N) is 1. The van der Waals surface area contributed by atoms with Crippen molar-refractivity contribution < 1.29 is 9.53 Å². The quantitative estimate of drug-likeness (QED) is 0.670. The van der Waals surface area contributed by atoms with Gasteiger partial charge in [-0.15, -0.1) is 11.3 Å². The van der Waals surface area contributed by atoms with Gasteiger partial charge in [-0.05, 0) is 43.7 Å². The number of morpholine rings is 1. The number of ether oxygens (including phenoxy) is 1. The zero-order chi connectivity index (χ0) is 19.0. The van der Waals surface area contributed by atoms with Gasteiger partial charge in [-0.25, -0.2) is 0 Å². The molecule has 0 spiro atoms. The summed E-state index contributed by atoms with van der Waals surface area (Å²) in [6.07, 6.45) is 0. The average molecular weight is 404 g/mol. The third kappa shape index (κ3) is 3.89. The number of amides is 1. The van der Waals surface area contributed by atoms with Crippen LogP contribution in [0.3, 0.4) is 0 Å². The Morgan fingerprint density at radius 1 is 1.30 bits per heavy atom. The van der Waals surface area contributed by atoms with Crippen LogP contribution in [0, 0.1) is 13.8 Å². The van der Waals surface area contributed by atoms with E-state index in [4.69, 9.17) is 16.3 Å². The molecule has 0 bridgehead atoms. The fourth-order valence-electron chi connectivity index (χ4n) is 3.43. The van der Waals surface area contributed by atoms with Crippen molar-refractivity contribution in [1.82, 2.24) is 9.88 Å². The molecule has 1 saturated heterocycles. The average Bonchev–Trinajstić information content (AvgIpc) is 3.15. The van der Waals surface area contributed by atoms with E-state index < -0.39 is 0 Å². The second-order valence-electron chi connectivity index (χ2n) is 6.88. The lowest BCUT2D eigenvalue weighted by Gasteiger charge is -2.26. The van der Waals surface area contributed by atoms with Crippen LogP contribution >= 0.6 is 22.9 Å². The van der Waals surface area contributed by atoms with Crippen LogP contribution in [0.4, 0.5) is 5.69 Å². The van der Waals surface area contributed by atoms with Crippen LogP contribution in [0.25, 0.3) is 10.2 Å². The lowest BCUT2D eigenvalue weighted by atomic mass is 10.1. The number of aromatic nitrogens is 1. The number of fused-ring (bicyclic) bond motifs is 1. The highest BCUT2D eigenvalue weighted by molar-refractivity contribution is 7.19. The van der Waals surface area contributed by atoms with Gasteiger partial charge >= 0.3 is 0 Å². The molecule has 142 valence electrons. The third-order valence-corrected chi connectivity index (χ3v) is 6.19. The van der Waals surface area contributed by atoms with Gasteiger partial charge in [0.1, 0.15) is 5.69 Å². The van der Waals surface area contributed by atoms with Crippen molar-refractivity contribution in [2.75, 3.05) is 31.6 Å². The number of carbonyl (C=O) groups is 1. The zero-order valence-electron chi connectivity index (χ0n) is 15.4. The summed E-state index contributed by atoms with van der Waals surface area (Å²) in [5.74, 6) is -0.121. The summed E-state index contributed by atoms with van der Waals surface area (Å²) in [6.45, 7) is 8.01. The fraction of sp³-hybridized carbons (Fsp3) is 0.350. The first kappa shape index (κ1) is 18.5. The molecule has 0 aliphatic carbocycles. The minimum Gasteiger partial charge on any atom is -0.379 e. The number of carbonyl (C=O) groups excluding carboxylic acids is 1. The number of hydrogen-bond donors (Lipinski definition) is 2. The molecule has 2 aromatic heterocycles. The lowest BCUT2D eigenvalue weighted by molar-refractivity contribution is 0.0343. The van der Waals surface area contributed by atoms with Gasteiger partial charge in [0.25, 0.3) is 5.91 Å². The number of benzene rings is 1. The highest BCUT2D eigenvalue weighted by Crippen LogP contribution is 2.32. The molecule has 7 heteroatoms. The second kappa shape index (κ2) is 7.64. The summed E-state index contributed by atoms with van der Waals surface area (Å²) < 4.78 is 6.62. The van der Waals surface area contributed by atoms with Gasteiger partial charge in [0.05, 0.1) is 23.4 Å². The van der Waals surface area contributed by atoms with E-state index >= 15 is 0 Å². The number of aromatic amines is 1. The van der Waals surface area contributed by atoms with Gasteiger partial charge in [-0.2, -0.15) is 0 Å². The summed E-state index contributed by atoms with van der Waals surface area (Å²) in [6, 6.07) is 7.58. The number of H-pyrrole nitrogens is 1. The Balaban J connectivity index is 1.66. The van der Waals surface area contributed by atoms with E-state index in [0.29, 0.717) is 10.7 Å². The fourth-order valence-corrected chi connectivity index (χ4v) is 4.67. The number of halogens is 1. The maximum Gasteiger partial charge on any atom is 0.272 e. The van der Waals surface area contributed by atoms with Gasteiger partial charge < -0.3 is 15.0 Å². The summed E-state index contributed by atoms with van der Waals surface area (Å²) in [5, 5.41) is 3.69. The molecule has 5 nitrogen and oxygen atoms in total. The van der Waals surface area contributed by atoms with Gasteiger partial charge in [0.15, 0.2) is 0 Å². The smallest absolute Gasteiger partial charge is 0.272 e. The Labute approximate surface area is 167 Å². The van der Waals surface area contributed by atoms with E-state index in [9.17, 15) is 4.79 Å². The van der Waals surface area contributed by atoms with E-state index in [2.05, 4.69) is 28.2 Å². The first-order chi connectivity index (χ1) is 13.0. The SMILES string of the molecule is Cc1cc2[nH]c(C(=O)Nc3ccc(Cl)cc3C)c(CN3CCOCC3)c2s1. The molecule has 3 aromatic rings. The maximum absolute atomic E-state index is 13.1. The molecule has 27 heavy (non-hydrogen) atoms. The largest absolute Gasteiger partial charge is 0.379 e. The number of anilines is 1. The topological polar surface area (TPSA) is 57.4 Å². The second-order valence-corrected chi connectivity index (χ2v) is 8.57. The van der Waals surface area contributed by atoms with Crippen molar-refractivity contribution >= 4 is 44.7 Å². The Morgan fingerprint density at radius 3 is 2.81 bits per heavy atom. The normalized spacial score (nSPS) is 15.4. The summed E-state index contributed by atoms with van der Waals surface area (Å²) in [4.78, 5) is 20.0. The summed E-state index contributed by atoms with van der Waals surface area (Å²) in [7, 11) is 0. The lowest BCUT2D eigenvalue weighted by Crippen LogP contribution is -2.36. The van der Waals surface area contributed by atoms with Crippen molar-refractivity contribution in [3.63, 3.8) is 0 Å². The summed E-state index contributed by atoms with van der Waals surface area (Å²) in [5.41, 5.74) is 4.44. The standard InChI is InChI=1S/C20H22ClN3O2S/c1-12-9-14(21)3-4-16(12)23-20(25)18-15(11-24-5-7-26-8-6-24)19-17(22-18)10-13(2)27-19/h3-4,9-10,22H,5-8,11H2,1-2H3,(H,23,25). The van der Waals surface area contributed by atoms with Crippen LogP contribution in [0.15, 0.2) is 24.3 Å². The van der Waals surface area contributed by atoms with E-state index in [1.54, 1.807) is 17.4 Å². The molecule has 0 atom stereocenters. The molecule has 0 saturated carbocycles. The molecule has 1 aliphatic rings. The van der Waals surface area contributed by atoms with Crippen molar-refractivity contribution in [3.8, 4) is 0 Å². The first-order valence-corrected chi connectivity index (χ1v) is 10.2. The highest BCUT2D eigenvalue weighted by Gasteiger charge is 2.23. The molecule has 0 unspecified atom stereocenters. The number of thiophene rings is 1. The Bertz CT molecular complexity index is 989. The van der Waals surface area contributed by atoms with Crippen LogP contribution in [-0.4, -0.2) is 42.1 Å². The van der Waals surface area contributed by atoms with Crippen molar-refractivity contribution in [1.29, 1.82) is 0 Å². The van der Waals surface area contributed by atoms with Crippen LogP contribution in [0.1, 0.15) is 26.5 Å². The Kier molecular flexibility index (Phi) is 5.23. The monoisotopic (exact) mass is 403 g/mol. The zero-order valence-corrected chi connectivity index (χ0v) is 17.0. The Morgan fingerprint density at radius 2 is 2.07 bits per heavy atom. The van der Waals surface area contributed by atoms with Crippen LogP contribution in [0.2, 0.25) is 5.02 Å². The van der Waals surface area contributed by atoms with Crippen LogP contribution in [0.5, 0.6) is 0 Å². The summed E-state index contributed by atoms with van der Waals surface area (Å²) >= 11 is 7.75. The first-order valence-electron chi connectivity index (χ1n) is 9.00. The number of rotatable bonds is 4.